The maximum atomic E-state index is 4.55. The van der Waals surface area contributed by atoms with Crippen molar-refractivity contribution < 1.29 is 0 Å². The molecule has 0 radical (unpaired) electrons. The molecule has 0 aliphatic rings. The van der Waals surface area contributed by atoms with Crippen LogP contribution in [0.2, 0.25) is 0 Å². The zero-order valence-corrected chi connectivity index (χ0v) is 10.9. The first-order valence-electron chi connectivity index (χ1n) is 5.49. The van der Waals surface area contributed by atoms with E-state index in [-0.39, 0.29) is 0 Å². The highest BCUT2D eigenvalue weighted by molar-refractivity contribution is 7.13. The van der Waals surface area contributed by atoms with Gasteiger partial charge < -0.3 is 10.2 Å². The molecule has 0 aliphatic carbocycles. The van der Waals surface area contributed by atoms with Crippen LogP contribution in [0.4, 0.5) is 5.13 Å². The Morgan fingerprint density at radius 3 is 2.94 bits per heavy atom. The predicted molar refractivity (Wildman–Crippen MR) is 71.2 cm³/mol. The van der Waals surface area contributed by atoms with Gasteiger partial charge in [0.15, 0.2) is 5.13 Å². The summed E-state index contributed by atoms with van der Waals surface area (Å²) in [5.74, 6) is 0. The Balaban J connectivity index is 2.01. The van der Waals surface area contributed by atoms with Gasteiger partial charge in [0.2, 0.25) is 0 Å². The van der Waals surface area contributed by atoms with Crippen LogP contribution >= 0.6 is 11.3 Å². The zero-order valence-electron chi connectivity index (χ0n) is 10.1. The predicted octanol–water partition coefficient (Wildman–Crippen LogP) is 1.89. The summed E-state index contributed by atoms with van der Waals surface area (Å²) in [5, 5.41) is 6.21. The minimum absolute atomic E-state index is 0.785. The third kappa shape index (κ3) is 3.25. The lowest BCUT2D eigenvalue weighted by Crippen LogP contribution is -2.17. The second kappa shape index (κ2) is 5.75. The molecular formula is C12H16N4S. The first-order valence-corrected chi connectivity index (χ1v) is 6.37. The van der Waals surface area contributed by atoms with Crippen LogP contribution in [-0.4, -0.2) is 24.1 Å². The Hall–Kier alpha value is -1.46. The van der Waals surface area contributed by atoms with Gasteiger partial charge in [-0.1, -0.05) is 6.07 Å². The number of hydrogen-bond acceptors (Lipinski definition) is 5. The number of nitrogens with one attached hydrogen (secondary N) is 1. The van der Waals surface area contributed by atoms with Crippen LogP contribution in [0.15, 0.2) is 29.8 Å². The molecular weight excluding hydrogens is 232 g/mol. The van der Waals surface area contributed by atoms with Gasteiger partial charge in [-0.3, -0.25) is 4.98 Å². The molecule has 90 valence electrons. The van der Waals surface area contributed by atoms with Gasteiger partial charge in [0.1, 0.15) is 0 Å². The minimum atomic E-state index is 0.785. The molecule has 17 heavy (non-hydrogen) atoms. The molecule has 2 rings (SSSR count). The van der Waals surface area contributed by atoms with Crippen molar-refractivity contribution in [1.82, 2.24) is 15.3 Å². The quantitative estimate of drug-likeness (QED) is 0.877. The summed E-state index contributed by atoms with van der Waals surface area (Å²) in [7, 11) is 3.97. The smallest absolute Gasteiger partial charge is 0.185 e. The van der Waals surface area contributed by atoms with E-state index in [4.69, 9.17) is 0 Å². The van der Waals surface area contributed by atoms with Gasteiger partial charge in [-0.05, 0) is 19.2 Å². The molecule has 0 amide bonds. The number of rotatable bonds is 5. The van der Waals surface area contributed by atoms with Crippen molar-refractivity contribution in [2.24, 2.45) is 0 Å². The van der Waals surface area contributed by atoms with Gasteiger partial charge in [0.05, 0.1) is 17.9 Å². The molecule has 4 nitrogen and oxygen atoms in total. The van der Waals surface area contributed by atoms with Gasteiger partial charge in [-0.25, -0.2) is 4.98 Å². The molecule has 0 spiro atoms. The zero-order chi connectivity index (χ0) is 12.1. The van der Waals surface area contributed by atoms with Crippen LogP contribution in [0, 0.1) is 0 Å². The van der Waals surface area contributed by atoms with Crippen molar-refractivity contribution in [2.75, 3.05) is 19.0 Å². The van der Waals surface area contributed by atoms with E-state index < -0.39 is 0 Å². The second-order valence-electron chi connectivity index (χ2n) is 3.83. The molecule has 0 saturated carbocycles. The molecule has 0 saturated heterocycles. The Morgan fingerprint density at radius 2 is 2.24 bits per heavy atom. The van der Waals surface area contributed by atoms with Crippen LogP contribution in [0.3, 0.4) is 0 Å². The van der Waals surface area contributed by atoms with Crippen LogP contribution in [0.1, 0.15) is 11.4 Å². The van der Waals surface area contributed by atoms with E-state index in [9.17, 15) is 0 Å². The Morgan fingerprint density at radius 1 is 1.35 bits per heavy atom. The maximum absolute atomic E-state index is 4.55. The fourth-order valence-electron chi connectivity index (χ4n) is 1.54. The average molecular weight is 248 g/mol. The van der Waals surface area contributed by atoms with Gasteiger partial charge in [0, 0.05) is 25.2 Å². The average Bonchev–Trinajstić information content (AvgIpc) is 2.79. The minimum Gasteiger partial charge on any atom is -0.345 e. The molecule has 0 aliphatic heterocycles. The summed E-state index contributed by atoms with van der Waals surface area (Å²) in [6.45, 7) is 1.60. The number of pyridine rings is 1. The van der Waals surface area contributed by atoms with Crippen LogP contribution in [0.25, 0.3) is 0 Å². The molecule has 2 aromatic rings. The molecule has 2 heterocycles. The van der Waals surface area contributed by atoms with Crippen molar-refractivity contribution in [3.05, 3.63) is 41.2 Å². The van der Waals surface area contributed by atoms with E-state index in [0.29, 0.717) is 0 Å². The van der Waals surface area contributed by atoms with Crippen molar-refractivity contribution in [3.8, 4) is 0 Å². The van der Waals surface area contributed by atoms with Crippen LogP contribution in [0.5, 0.6) is 0 Å². The lowest BCUT2D eigenvalue weighted by molar-refractivity contribution is 0.791. The Kier molecular flexibility index (Phi) is 4.06. The monoisotopic (exact) mass is 248 g/mol. The van der Waals surface area contributed by atoms with E-state index in [1.165, 1.54) is 0 Å². The van der Waals surface area contributed by atoms with Gasteiger partial charge in [-0.2, -0.15) is 0 Å². The van der Waals surface area contributed by atoms with Crippen LogP contribution < -0.4 is 10.2 Å². The van der Waals surface area contributed by atoms with E-state index in [2.05, 4.69) is 25.6 Å². The SMILES string of the molecule is CNCc1csc(N(C)Cc2ccccn2)n1. The van der Waals surface area contributed by atoms with Gasteiger partial charge >= 0.3 is 0 Å². The number of hydrogen-bond donors (Lipinski definition) is 1. The third-order valence-electron chi connectivity index (χ3n) is 2.35. The molecule has 2 aromatic heterocycles. The summed E-state index contributed by atoms with van der Waals surface area (Å²) in [4.78, 5) is 11.0. The topological polar surface area (TPSA) is 41.0 Å². The summed E-state index contributed by atoms with van der Waals surface area (Å²) in [6, 6.07) is 5.96. The van der Waals surface area contributed by atoms with E-state index in [1.54, 1.807) is 11.3 Å². The molecule has 0 aromatic carbocycles. The highest BCUT2D eigenvalue weighted by Crippen LogP contribution is 2.20. The van der Waals surface area contributed by atoms with E-state index in [0.717, 1.165) is 29.6 Å². The molecule has 0 unspecified atom stereocenters. The Labute approximate surface area is 105 Å². The standard InChI is InChI=1S/C12H16N4S/c1-13-7-11-9-17-12(15-11)16(2)8-10-5-3-4-6-14-10/h3-6,9,13H,7-8H2,1-2H3. The Bertz CT molecular complexity index is 455. The normalized spacial score (nSPS) is 10.5. The van der Waals surface area contributed by atoms with Gasteiger partial charge in [-0.15, -0.1) is 11.3 Å². The number of thiazole rings is 1. The fraction of sp³-hybridized carbons (Fsp3) is 0.333. The third-order valence-corrected chi connectivity index (χ3v) is 3.35. The number of nitrogens with zero attached hydrogens (tertiary/aromatic N) is 3. The second-order valence-corrected chi connectivity index (χ2v) is 4.67. The molecule has 5 heteroatoms. The summed E-state index contributed by atoms with van der Waals surface area (Å²) < 4.78 is 0. The highest BCUT2D eigenvalue weighted by atomic mass is 32.1. The summed E-state index contributed by atoms with van der Waals surface area (Å²) in [6.07, 6.45) is 1.82. The van der Waals surface area contributed by atoms with E-state index in [1.807, 2.05) is 38.5 Å². The van der Waals surface area contributed by atoms with Crippen molar-refractivity contribution >= 4 is 16.5 Å². The molecule has 0 bridgehead atoms. The molecule has 0 fully saturated rings. The molecule has 0 atom stereocenters. The number of aromatic nitrogens is 2. The van der Waals surface area contributed by atoms with Crippen LogP contribution in [-0.2, 0) is 13.1 Å². The fourth-order valence-corrected chi connectivity index (χ4v) is 2.33. The first kappa shape index (κ1) is 12.0. The highest BCUT2D eigenvalue weighted by Gasteiger charge is 2.07. The molecule has 1 N–H and O–H groups in total. The number of anilines is 1. The lowest BCUT2D eigenvalue weighted by atomic mass is 10.3. The largest absolute Gasteiger partial charge is 0.345 e. The lowest BCUT2D eigenvalue weighted by Gasteiger charge is -2.14. The van der Waals surface area contributed by atoms with Crippen molar-refractivity contribution in [3.63, 3.8) is 0 Å². The van der Waals surface area contributed by atoms with E-state index >= 15 is 0 Å². The van der Waals surface area contributed by atoms with Crippen molar-refractivity contribution in [1.29, 1.82) is 0 Å². The first-order chi connectivity index (χ1) is 8.29. The van der Waals surface area contributed by atoms with Crippen molar-refractivity contribution in [2.45, 2.75) is 13.1 Å². The summed E-state index contributed by atoms with van der Waals surface area (Å²) in [5.41, 5.74) is 2.14. The van der Waals surface area contributed by atoms with Gasteiger partial charge in [0.25, 0.3) is 0 Å². The summed E-state index contributed by atoms with van der Waals surface area (Å²) >= 11 is 1.66. The maximum Gasteiger partial charge on any atom is 0.185 e.